The van der Waals surface area contributed by atoms with Crippen molar-refractivity contribution >= 4 is 74.1 Å². The zero-order valence-electron chi connectivity index (χ0n) is 18.4. The molecule has 3 aromatic carbocycles. The van der Waals surface area contributed by atoms with Crippen LogP contribution in [-0.2, 0) is 16.0 Å². The number of thioether (sulfide) groups is 1. The summed E-state index contributed by atoms with van der Waals surface area (Å²) in [5, 5.41) is 13.4. The van der Waals surface area contributed by atoms with Crippen LogP contribution in [0, 0.1) is 18.3 Å². The number of halogens is 3. The van der Waals surface area contributed by atoms with E-state index in [0.717, 1.165) is 10.0 Å². The van der Waals surface area contributed by atoms with Gasteiger partial charge in [0.15, 0.2) is 0 Å². The number of benzene rings is 3. The summed E-state index contributed by atoms with van der Waals surface area (Å²) in [5.74, 6) is -0.838. The van der Waals surface area contributed by atoms with Gasteiger partial charge >= 0.3 is 0 Å². The first-order valence-corrected chi connectivity index (χ1v) is 12.9. The maximum absolute atomic E-state index is 13.6. The molecule has 0 spiro atoms. The summed E-state index contributed by atoms with van der Waals surface area (Å²) in [6, 6.07) is 21.4. The Balaban J connectivity index is 1.73. The number of hydrogen-bond donors (Lipinski definition) is 1. The summed E-state index contributed by atoms with van der Waals surface area (Å²) in [7, 11) is 0. The minimum absolute atomic E-state index is 0.147. The van der Waals surface area contributed by atoms with Crippen LogP contribution in [0.4, 0.5) is 11.4 Å². The molecule has 5 nitrogen and oxygen atoms in total. The summed E-state index contributed by atoms with van der Waals surface area (Å²) >= 11 is 17.0. The van der Waals surface area contributed by atoms with Crippen molar-refractivity contribution in [3.05, 3.63) is 103 Å². The highest BCUT2D eigenvalue weighted by molar-refractivity contribution is 9.10. The summed E-state index contributed by atoms with van der Waals surface area (Å²) in [5.41, 5.74) is 2.72. The molecule has 0 saturated carbocycles. The molecule has 1 saturated heterocycles. The second-order valence-electron chi connectivity index (χ2n) is 7.81. The number of nitrogens with zero attached hydrogens (tertiary/aromatic N) is 2. The Morgan fingerprint density at radius 1 is 1.11 bits per heavy atom. The van der Waals surface area contributed by atoms with Gasteiger partial charge in [-0.1, -0.05) is 68.6 Å². The molecule has 1 aliphatic heterocycles. The number of carbonyl (C=O) groups is 2. The Bertz CT molecular complexity index is 1370. The van der Waals surface area contributed by atoms with E-state index in [2.05, 4.69) is 21.2 Å². The van der Waals surface area contributed by atoms with Gasteiger partial charge in [-0.05, 0) is 73.5 Å². The highest BCUT2D eigenvalue weighted by Gasteiger charge is 2.41. The highest BCUT2D eigenvalue weighted by Crippen LogP contribution is 2.43. The van der Waals surface area contributed by atoms with Gasteiger partial charge in [-0.25, -0.2) is 0 Å². The molecule has 1 heterocycles. The first-order valence-electron chi connectivity index (χ1n) is 10.5. The van der Waals surface area contributed by atoms with Crippen LogP contribution in [0.15, 0.2) is 81.8 Å². The van der Waals surface area contributed by atoms with Crippen LogP contribution < -0.4 is 10.2 Å². The molecule has 4 rings (SSSR count). The van der Waals surface area contributed by atoms with Gasteiger partial charge in [0.2, 0.25) is 5.91 Å². The first kappa shape index (κ1) is 25.3. The molecule has 35 heavy (non-hydrogen) atoms. The van der Waals surface area contributed by atoms with Crippen LogP contribution in [-0.4, -0.2) is 17.1 Å². The lowest BCUT2D eigenvalue weighted by Gasteiger charge is -2.19. The Labute approximate surface area is 225 Å². The molecule has 0 aliphatic carbocycles. The van der Waals surface area contributed by atoms with E-state index in [-0.39, 0.29) is 22.9 Å². The number of rotatable bonds is 5. The summed E-state index contributed by atoms with van der Waals surface area (Å²) in [6.45, 7) is 1.94. The standard InChI is InChI=1S/C26H18BrCl2N3O2S/c1-15-2-7-19(8-3-15)31-24(33)21(14-30)26-32(20-9-4-17(27)5-10-20)25(34)23(35-26)13-16-12-18(28)6-11-22(16)29/h2-12,23H,13H2,1H3,(H,31,33)/b26-21-/t23-/m1/s1. The zero-order chi connectivity index (χ0) is 25.1. The number of amides is 2. The summed E-state index contributed by atoms with van der Waals surface area (Å²) < 4.78 is 0.839. The van der Waals surface area contributed by atoms with Gasteiger partial charge in [-0.2, -0.15) is 5.26 Å². The maximum atomic E-state index is 13.6. The fourth-order valence-corrected chi connectivity index (χ4v) is 5.49. The molecular weight excluding hydrogens is 569 g/mol. The van der Waals surface area contributed by atoms with Gasteiger partial charge in [0.25, 0.3) is 5.91 Å². The molecule has 2 amide bonds. The van der Waals surface area contributed by atoms with Crippen LogP contribution in [0.3, 0.4) is 0 Å². The number of nitriles is 1. The predicted octanol–water partition coefficient (Wildman–Crippen LogP) is 7.13. The maximum Gasteiger partial charge on any atom is 0.269 e. The van der Waals surface area contributed by atoms with E-state index in [9.17, 15) is 14.9 Å². The molecular formula is C26H18BrCl2N3O2S. The van der Waals surface area contributed by atoms with Crippen LogP contribution >= 0.6 is 50.9 Å². The van der Waals surface area contributed by atoms with E-state index in [4.69, 9.17) is 23.2 Å². The largest absolute Gasteiger partial charge is 0.321 e. The molecule has 1 atom stereocenters. The highest BCUT2D eigenvalue weighted by atomic mass is 79.9. The minimum atomic E-state index is -0.597. The average Bonchev–Trinajstić information content (AvgIpc) is 3.14. The van der Waals surface area contributed by atoms with E-state index in [1.165, 1.54) is 16.7 Å². The molecule has 176 valence electrons. The molecule has 1 aliphatic rings. The minimum Gasteiger partial charge on any atom is -0.321 e. The molecule has 1 N–H and O–H groups in total. The second kappa shape index (κ2) is 10.9. The van der Waals surface area contributed by atoms with Gasteiger partial charge < -0.3 is 5.32 Å². The topological polar surface area (TPSA) is 73.2 Å². The number of anilines is 2. The fourth-order valence-electron chi connectivity index (χ4n) is 3.54. The van der Waals surface area contributed by atoms with Crippen molar-refractivity contribution in [1.82, 2.24) is 0 Å². The fraction of sp³-hybridized carbons (Fsp3) is 0.115. The Hall–Kier alpha value is -2.76. The number of aryl methyl sites for hydroxylation is 1. The normalized spacial score (nSPS) is 16.7. The monoisotopic (exact) mass is 585 g/mol. The molecule has 0 unspecified atom stereocenters. The van der Waals surface area contributed by atoms with Gasteiger partial charge in [-0.15, -0.1) is 0 Å². The van der Waals surface area contributed by atoms with Crippen LogP contribution in [0.1, 0.15) is 11.1 Å². The summed E-state index contributed by atoms with van der Waals surface area (Å²) in [6.07, 6.45) is 0.289. The second-order valence-corrected chi connectivity index (χ2v) is 10.8. The smallest absolute Gasteiger partial charge is 0.269 e. The molecule has 9 heteroatoms. The van der Waals surface area contributed by atoms with Gasteiger partial charge in [-0.3, -0.25) is 14.5 Å². The van der Waals surface area contributed by atoms with Crippen molar-refractivity contribution in [2.75, 3.05) is 10.2 Å². The predicted molar refractivity (Wildman–Crippen MR) is 146 cm³/mol. The Kier molecular flexibility index (Phi) is 7.88. The van der Waals surface area contributed by atoms with E-state index in [0.29, 0.717) is 27.0 Å². The average molecular weight is 587 g/mol. The zero-order valence-corrected chi connectivity index (χ0v) is 22.3. The Morgan fingerprint density at radius 2 is 1.80 bits per heavy atom. The van der Waals surface area contributed by atoms with Gasteiger partial charge in [0, 0.05) is 25.9 Å². The third-order valence-corrected chi connectivity index (χ3v) is 7.71. The van der Waals surface area contributed by atoms with Crippen molar-refractivity contribution in [3.8, 4) is 6.07 Å². The van der Waals surface area contributed by atoms with E-state index in [1.807, 2.05) is 25.1 Å². The van der Waals surface area contributed by atoms with Gasteiger partial charge in [0.1, 0.15) is 16.7 Å². The molecule has 0 bridgehead atoms. The number of carbonyl (C=O) groups excluding carboxylic acids is 2. The van der Waals surface area contributed by atoms with E-state index in [1.54, 1.807) is 54.6 Å². The molecule has 1 fully saturated rings. The van der Waals surface area contributed by atoms with Crippen LogP contribution in [0.25, 0.3) is 0 Å². The van der Waals surface area contributed by atoms with Crippen molar-refractivity contribution in [2.24, 2.45) is 0 Å². The van der Waals surface area contributed by atoms with Crippen molar-refractivity contribution in [3.63, 3.8) is 0 Å². The number of hydrogen-bond acceptors (Lipinski definition) is 4. The number of nitrogens with one attached hydrogen (secondary N) is 1. The van der Waals surface area contributed by atoms with Crippen LogP contribution in [0.2, 0.25) is 10.0 Å². The Morgan fingerprint density at radius 3 is 2.46 bits per heavy atom. The lowest BCUT2D eigenvalue weighted by Crippen LogP contribution is -2.31. The van der Waals surface area contributed by atoms with Gasteiger partial charge in [0.05, 0.1) is 5.25 Å². The lowest BCUT2D eigenvalue weighted by molar-refractivity contribution is -0.117. The SMILES string of the molecule is Cc1ccc(NC(=O)/C(C#N)=C2\S[C@H](Cc3cc(Cl)ccc3Cl)C(=O)N2c2ccc(Br)cc2)cc1. The van der Waals surface area contributed by atoms with E-state index < -0.39 is 11.2 Å². The van der Waals surface area contributed by atoms with Crippen molar-refractivity contribution in [1.29, 1.82) is 5.26 Å². The quantitative estimate of drug-likeness (QED) is 0.255. The lowest BCUT2D eigenvalue weighted by atomic mass is 10.1. The van der Waals surface area contributed by atoms with Crippen LogP contribution in [0.5, 0.6) is 0 Å². The van der Waals surface area contributed by atoms with E-state index >= 15 is 0 Å². The van der Waals surface area contributed by atoms with Crippen molar-refractivity contribution in [2.45, 2.75) is 18.6 Å². The third kappa shape index (κ3) is 5.74. The first-order chi connectivity index (χ1) is 16.8. The molecule has 0 radical (unpaired) electrons. The molecule has 0 aromatic heterocycles. The summed E-state index contributed by atoms with van der Waals surface area (Å²) in [4.78, 5) is 28.1. The van der Waals surface area contributed by atoms with Crippen molar-refractivity contribution < 1.29 is 9.59 Å². The third-order valence-electron chi connectivity index (χ3n) is 5.31. The molecule has 3 aromatic rings.